The number of carbonyl (C=O) groups excluding carboxylic acids is 1. The largest absolute Gasteiger partial charge is 0.351 e. The number of nitrogens with zero attached hydrogens (tertiary/aromatic N) is 1. The normalized spacial score (nSPS) is 10.2. The van der Waals surface area contributed by atoms with Gasteiger partial charge in [0.25, 0.3) is 5.91 Å². The van der Waals surface area contributed by atoms with E-state index in [1.807, 2.05) is 24.3 Å². The van der Waals surface area contributed by atoms with Crippen LogP contribution in [0.15, 0.2) is 39.5 Å². The Morgan fingerprint density at radius 1 is 1.41 bits per heavy atom. The smallest absolute Gasteiger partial charge is 0.290 e. The maximum Gasteiger partial charge on any atom is 0.290 e. The molecule has 0 saturated heterocycles. The van der Waals surface area contributed by atoms with Crippen LogP contribution in [0.2, 0.25) is 0 Å². The van der Waals surface area contributed by atoms with E-state index in [4.69, 9.17) is 4.52 Å². The molecule has 0 aliphatic rings. The van der Waals surface area contributed by atoms with E-state index in [1.165, 1.54) is 6.20 Å². The van der Waals surface area contributed by atoms with Crippen LogP contribution in [-0.2, 0) is 6.54 Å². The number of hydrogen-bond donors (Lipinski definition) is 1. The minimum atomic E-state index is -0.247. The summed E-state index contributed by atoms with van der Waals surface area (Å²) in [5.41, 5.74) is 1.76. The van der Waals surface area contributed by atoms with Gasteiger partial charge in [0, 0.05) is 16.6 Å². The van der Waals surface area contributed by atoms with Crippen LogP contribution in [-0.4, -0.2) is 11.1 Å². The molecule has 1 N–H and O–H groups in total. The molecule has 5 heteroatoms. The third kappa shape index (κ3) is 2.94. The fraction of sp³-hybridized carbons (Fsp3) is 0.167. The first-order chi connectivity index (χ1) is 8.16. The van der Waals surface area contributed by atoms with Crippen LogP contribution in [0.25, 0.3) is 0 Å². The summed E-state index contributed by atoms with van der Waals surface area (Å²) in [5, 5.41) is 6.34. The average molecular weight is 295 g/mol. The number of hydrogen-bond acceptors (Lipinski definition) is 3. The Morgan fingerprint density at radius 3 is 2.71 bits per heavy atom. The monoisotopic (exact) mass is 294 g/mol. The Morgan fingerprint density at radius 2 is 2.12 bits per heavy atom. The highest BCUT2D eigenvalue weighted by atomic mass is 79.9. The van der Waals surface area contributed by atoms with Gasteiger partial charge in [-0.05, 0) is 24.6 Å². The fourth-order valence-corrected chi connectivity index (χ4v) is 1.64. The zero-order chi connectivity index (χ0) is 12.3. The number of nitrogens with one attached hydrogen (secondary N) is 1. The summed E-state index contributed by atoms with van der Waals surface area (Å²) in [7, 11) is 0. The molecule has 17 heavy (non-hydrogen) atoms. The molecule has 1 aromatic carbocycles. The number of carbonyl (C=O) groups is 1. The fourth-order valence-electron chi connectivity index (χ4n) is 1.37. The summed E-state index contributed by atoms with van der Waals surface area (Å²) < 4.78 is 5.88. The Kier molecular flexibility index (Phi) is 3.58. The molecule has 0 unspecified atom stereocenters. The molecule has 1 amide bonds. The molecule has 0 bridgehead atoms. The predicted molar refractivity (Wildman–Crippen MR) is 66.6 cm³/mol. The van der Waals surface area contributed by atoms with Crippen LogP contribution in [0.1, 0.15) is 21.7 Å². The molecular weight excluding hydrogens is 284 g/mol. The molecule has 88 valence electrons. The molecule has 0 spiro atoms. The number of amides is 1. The van der Waals surface area contributed by atoms with Gasteiger partial charge < -0.3 is 9.84 Å². The maximum absolute atomic E-state index is 11.7. The molecule has 2 rings (SSSR count). The topological polar surface area (TPSA) is 55.1 Å². The van der Waals surface area contributed by atoms with E-state index in [1.54, 1.807) is 6.92 Å². The Labute approximate surface area is 107 Å². The van der Waals surface area contributed by atoms with E-state index >= 15 is 0 Å². The lowest BCUT2D eigenvalue weighted by Crippen LogP contribution is -2.22. The predicted octanol–water partition coefficient (Wildman–Crippen LogP) is 2.68. The summed E-state index contributed by atoms with van der Waals surface area (Å²) >= 11 is 3.36. The van der Waals surface area contributed by atoms with Crippen molar-refractivity contribution >= 4 is 21.8 Å². The van der Waals surface area contributed by atoms with Crippen LogP contribution < -0.4 is 5.32 Å². The van der Waals surface area contributed by atoms with Gasteiger partial charge in [-0.25, -0.2) is 0 Å². The number of aromatic nitrogens is 1. The van der Waals surface area contributed by atoms with E-state index in [0.717, 1.165) is 15.6 Å². The quantitative estimate of drug-likeness (QED) is 0.947. The minimum Gasteiger partial charge on any atom is -0.351 e. The highest BCUT2D eigenvalue weighted by Gasteiger charge is 2.13. The zero-order valence-electron chi connectivity index (χ0n) is 9.24. The van der Waals surface area contributed by atoms with Crippen LogP contribution in [0.5, 0.6) is 0 Å². The van der Waals surface area contributed by atoms with Crippen molar-refractivity contribution in [3.8, 4) is 0 Å². The number of aryl methyl sites for hydroxylation is 1. The van der Waals surface area contributed by atoms with Crippen LogP contribution in [0.3, 0.4) is 0 Å². The van der Waals surface area contributed by atoms with Crippen LogP contribution in [0.4, 0.5) is 0 Å². The van der Waals surface area contributed by atoms with Gasteiger partial charge in [-0.15, -0.1) is 0 Å². The second-order valence-electron chi connectivity index (χ2n) is 3.65. The van der Waals surface area contributed by atoms with Gasteiger partial charge in [0.05, 0.1) is 6.20 Å². The van der Waals surface area contributed by atoms with Gasteiger partial charge in [0.15, 0.2) is 0 Å². The van der Waals surface area contributed by atoms with Gasteiger partial charge in [-0.2, -0.15) is 0 Å². The lowest BCUT2D eigenvalue weighted by Gasteiger charge is -2.03. The molecule has 0 aliphatic carbocycles. The SMILES string of the molecule is Cc1cnoc1C(=O)NCc1ccc(Br)cc1. The number of rotatable bonds is 3. The van der Waals surface area contributed by atoms with Crippen molar-refractivity contribution in [2.45, 2.75) is 13.5 Å². The van der Waals surface area contributed by atoms with Crippen molar-refractivity contribution < 1.29 is 9.32 Å². The molecule has 0 fully saturated rings. The molecule has 0 aliphatic heterocycles. The van der Waals surface area contributed by atoms with Crippen molar-refractivity contribution in [2.75, 3.05) is 0 Å². The van der Waals surface area contributed by atoms with E-state index in [9.17, 15) is 4.79 Å². The van der Waals surface area contributed by atoms with Gasteiger partial charge in [-0.1, -0.05) is 33.2 Å². The maximum atomic E-state index is 11.7. The van der Waals surface area contributed by atoms with Crippen molar-refractivity contribution in [2.24, 2.45) is 0 Å². The van der Waals surface area contributed by atoms with Gasteiger partial charge in [0.2, 0.25) is 5.76 Å². The third-order valence-electron chi connectivity index (χ3n) is 2.32. The second-order valence-corrected chi connectivity index (χ2v) is 4.56. The highest BCUT2D eigenvalue weighted by molar-refractivity contribution is 9.10. The zero-order valence-corrected chi connectivity index (χ0v) is 10.8. The first kappa shape index (κ1) is 11.9. The van der Waals surface area contributed by atoms with Gasteiger partial charge in [-0.3, -0.25) is 4.79 Å². The first-order valence-corrected chi connectivity index (χ1v) is 5.90. The Balaban J connectivity index is 1.97. The van der Waals surface area contributed by atoms with Gasteiger partial charge in [0.1, 0.15) is 0 Å². The molecule has 0 atom stereocenters. The summed E-state index contributed by atoms with van der Waals surface area (Å²) in [5.74, 6) is 0.0185. The van der Waals surface area contributed by atoms with Crippen LogP contribution >= 0.6 is 15.9 Å². The minimum absolute atomic E-state index is 0.247. The summed E-state index contributed by atoms with van der Waals surface area (Å²) in [4.78, 5) is 11.7. The third-order valence-corrected chi connectivity index (χ3v) is 2.85. The van der Waals surface area contributed by atoms with Crippen molar-refractivity contribution in [1.29, 1.82) is 0 Å². The summed E-state index contributed by atoms with van der Waals surface area (Å²) in [6.45, 7) is 2.25. The Hall–Kier alpha value is -1.62. The van der Waals surface area contributed by atoms with Crippen molar-refractivity contribution in [3.05, 3.63) is 51.8 Å². The molecule has 4 nitrogen and oxygen atoms in total. The molecule has 0 saturated carbocycles. The first-order valence-electron chi connectivity index (χ1n) is 5.11. The molecule has 0 radical (unpaired) electrons. The van der Waals surface area contributed by atoms with Crippen molar-refractivity contribution in [3.63, 3.8) is 0 Å². The molecular formula is C12H11BrN2O2. The summed E-state index contributed by atoms with van der Waals surface area (Å²) in [6.07, 6.45) is 1.52. The van der Waals surface area contributed by atoms with E-state index < -0.39 is 0 Å². The molecule has 1 aromatic heterocycles. The standard InChI is InChI=1S/C12H11BrN2O2/c1-8-6-15-17-11(8)12(16)14-7-9-2-4-10(13)5-3-9/h2-6H,7H2,1H3,(H,14,16). The average Bonchev–Trinajstić information content (AvgIpc) is 2.74. The molecule has 1 heterocycles. The lowest BCUT2D eigenvalue weighted by molar-refractivity contribution is 0.0913. The van der Waals surface area contributed by atoms with E-state index in [2.05, 4.69) is 26.4 Å². The number of halogens is 1. The van der Waals surface area contributed by atoms with Gasteiger partial charge >= 0.3 is 0 Å². The lowest BCUT2D eigenvalue weighted by atomic mass is 10.2. The number of benzene rings is 1. The van der Waals surface area contributed by atoms with Crippen LogP contribution in [0, 0.1) is 6.92 Å². The van der Waals surface area contributed by atoms with E-state index in [-0.39, 0.29) is 11.7 Å². The molecule has 2 aromatic rings. The summed E-state index contributed by atoms with van der Waals surface area (Å²) in [6, 6.07) is 7.75. The van der Waals surface area contributed by atoms with E-state index in [0.29, 0.717) is 6.54 Å². The Bertz CT molecular complexity index is 520. The van der Waals surface area contributed by atoms with Crippen molar-refractivity contribution in [1.82, 2.24) is 10.5 Å². The highest BCUT2D eigenvalue weighted by Crippen LogP contribution is 2.11. The second kappa shape index (κ2) is 5.14.